The van der Waals surface area contributed by atoms with Gasteiger partial charge in [-0.2, -0.15) is 0 Å². The topological polar surface area (TPSA) is 60.9 Å². The van der Waals surface area contributed by atoms with Crippen LogP contribution in [-0.2, 0) is 25.1 Å². The molecule has 0 bridgehead atoms. The number of aromatic nitrogens is 3. The van der Waals surface area contributed by atoms with Crippen LogP contribution < -0.4 is 5.56 Å². The van der Waals surface area contributed by atoms with E-state index in [4.69, 9.17) is 9.51 Å². The van der Waals surface area contributed by atoms with E-state index in [0.29, 0.717) is 12.3 Å². The summed E-state index contributed by atoms with van der Waals surface area (Å²) in [6.07, 6.45) is 4.41. The lowest BCUT2D eigenvalue weighted by Gasteiger charge is -2.13. The average Bonchev–Trinajstić information content (AvgIpc) is 3.29. The van der Waals surface area contributed by atoms with E-state index >= 15 is 0 Å². The van der Waals surface area contributed by atoms with Crippen LogP contribution in [0, 0.1) is 13.8 Å². The van der Waals surface area contributed by atoms with E-state index in [1.54, 1.807) is 23.1 Å². The third-order valence-electron chi connectivity index (χ3n) is 5.75. The molecule has 5 rings (SSSR count). The molecule has 0 fully saturated rings. The lowest BCUT2D eigenvalue weighted by atomic mass is 9.97. The van der Waals surface area contributed by atoms with Crippen LogP contribution in [-0.4, -0.2) is 14.7 Å². The summed E-state index contributed by atoms with van der Waals surface area (Å²) in [5.74, 6) is 1.50. The molecular formula is C23H23N3O2S2. The molecule has 4 aromatic rings. The van der Waals surface area contributed by atoms with Crippen molar-refractivity contribution in [1.29, 1.82) is 0 Å². The van der Waals surface area contributed by atoms with Crippen LogP contribution >= 0.6 is 23.1 Å². The highest BCUT2D eigenvalue weighted by molar-refractivity contribution is 7.98. The van der Waals surface area contributed by atoms with Crippen LogP contribution in [0.25, 0.3) is 10.2 Å². The van der Waals surface area contributed by atoms with Gasteiger partial charge in [-0.25, -0.2) is 4.98 Å². The molecule has 1 aromatic carbocycles. The van der Waals surface area contributed by atoms with Gasteiger partial charge in [-0.1, -0.05) is 47.3 Å². The summed E-state index contributed by atoms with van der Waals surface area (Å²) < 4.78 is 7.16. The minimum absolute atomic E-state index is 0.0875. The Morgan fingerprint density at radius 2 is 1.97 bits per heavy atom. The summed E-state index contributed by atoms with van der Waals surface area (Å²) in [6, 6.07) is 10.1. The molecule has 30 heavy (non-hydrogen) atoms. The zero-order valence-electron chi connectivity index (χ0n) is 17.1. The molecule has 0 amide bonds. The van der Waals surface area contributed by atoms with E-state index in [2.05, 4.69) is 17.3 Å². The number of hydrogen-bond acceptors (Lipinski definition) is 6. The van der Waals surface area contributed by atoms with Crippen molar-refractivity contribution in [2.75, 3.05) is 0 Å². The molecule has 0 saturated carbocycles. The second-order valence-corrected chi connectivity index (χ2v) is 9.78. The Kier molecular flexibility index (Phi) is 5.25. The summed E-state index contributed by atoms with van der Waals surface area (Å²) in [7, 11) is 0. The predicted molar refractivity (Wildman–Crippen MR) is 122 cm³/mol. The SMILES string of the molecule is Cc1noc(C)c1CSc1nc2sc3c(c2c(=O)n1Cc1ccccc1)CCCC3. The maximum Gasteiger partial charge on any atom is 0.263 e. The highest BCUT2D eigenvalue weighted by Gasteiger charge is 2.23. The molecule has 0 atom stereocenters. The highest BCUT2D eigenvalue weighted by atomic mass is 32.2. The number of aryl methyl sites for hydroxylation is 4. The molecule has 0 saturated heterocycles. The van der Waals surface area contributed by atoms with E-state index in [0.717, 1.165) is 57.2 Å². The summed E-state index contributed by atoms with van der Waals surface area (Å²) >= 11 is 3.29. The van der Waals surface area contributed by atoms with E-state index in [1.165, 1.54) is 16.9 Å². The normalized spacial score (nSPS) is 13.7. The lowest BCUT2D eigenvalue weighted by Crippen LogP contribution is -2.24. The number of rotatable bonds is 5. The van der Waals surface area contributed by atoms with Gasteiger partial charge in [0.1, 0.15) is 10.6 Å². The molecule has 0 radical (unpaired) electrons. The van der Waals surface area contributed by atoms with Gasteiger partial charge in [0.05, 0.1) is 17.6 Å². The highest BCUT2D eigenvalue weighted by Crippen LogP contribution is 2.35. The fourth-order valence-corrected chi connectivity index (χ4v) is 6.53. The molecule has 0 unspecified atom stereocenters. The molecule has 1 aliphatic rings. The van der Waals surface area contributed by atoms with Gasteiger partial charge in [0.2, 0.25) is 0 Å². The minimum atomic E-state index is 0.0875. The lowest BCUT2D eigenvalue weighted by molar-refractivity contribution is 0.392. The van der Waals surface area contributed by atoms with Crippen LogP contribution in [0.3, 0.4) is 0 Å². The van der Waals surface area contributed by atoms with Gasteiger partial charge in [-0.05, 0) is 50.7 Å². The largest absolute Gasteiger partial charge is 0.361 e. The molecule has 154 valence electrons. The number of thioether (sulfide) groups is 1. The van der Waals surface area contributed by atoms with Gasteiger partial charge in [0.15, 0.2) is 5.16 Å². The molecule has 0 N–H and O–H groups in total. The number of fused-ring (bicyclic) bond motifs is 3. The molecule has 7 heteroatoms. The second-order valence-electron chi connectivity index (χ2n) is 7.75. The van der Waals surface area contributed by atoms with Gasteiger partial charge in [-0.3, -0.25) is 9.36 Å². The summed E-state index contributed by atoms with van der Waals surface area (Å²) in [5.41, 5.74) is 4.40. The zero-order chi connectivity index (χ0) is 20.7. The number of hydrogen-bond donors (Lipinski definition) is 0. The molecule has 5 nitrogen and oxygen atoms in total. The maximum absolute atomic E-state index is 13.7. The van der Waals surface area contributed by atoms with Crippen LogP contribution in [0.15, 0.2) is 44.8 Å². The average molecular weight is 438 g/mol. The molecule has 0 spiro atoms. The fourth-order valence-electron chi connectivity index (χ4n) is 4.08. The van der Waals surface area contributed by atoms with Gasteiger partial charge >= 0.3 is 0 Å². The third kappa shape index (κ3) is 3.50. The predicted octanol–water partition coefficient (Wildman–Crippen LogP) is 5.28. The molecule has 3 heterocycles. The van der Waals surface area contributed by atoms with E-state index in [-0.39, 0.29) is 5.56 Å². The standard InChI is InChI=1S/C23H23N3O2S2/c1-14-18(15(2)28-25-14)13-29-23-24-21-20(17-10-6-7-11-19(17)30-21)22(27)26(23)12-16-8-4-3-5-9-16/h3-5,8-9H,6-7,10-13H2,1-2H3. The molecular weight excluding hydrogens is 414 g/mol. The van der Waals surface area contributed by atoms with Gasteiger partial charge in [-0.15, -0.1) is 11.3 Å². The van der Waals surface area contributed by atoms with Crippen molar-refractivity contribution in [3.05, 3.63) is 73.7 Å². The van der Waals surface area contributed by atoms with Crippen molar-refractivity contribution in [1.82, 2.24) is 14.7 Å². The van der Waals surface area contributed by atoms with Crippen LogP contribution in [0.4, 0.5) is 0 Å². The first-order valence-electron chi connectivity index (χ1n) is 10.3. The van der Waals surface area contributed by atoms with Gasteiger partial charge in [0.25, 0.3) is 5.56 Å². The smallest absolute Gasteiger partial charge is 0.263 e. The van der Waals surface area contributed by atoms with E-state index in [9.17, 15) is 4.79 Å². The first-order valence-corrected chi connectivity index (χ1v) is 12.1. The zero-order valence-corrected chi connectivity index (χ0v) is 18.7. The number of benzene rings is 1. The van der Waals surface area contributed by atoms with Crippen molar-refractivity contribution >= 4 is 33.3 Å². The molecule has 3 aromatic heterocycles. The Morgan fingerprint density at radius 1 is 1.17 bits per heavy atom. The van der Waals surface area contributed by atoms with Gasteiger partial charge in [0, 0.05) is 16.2 Å². The number of thiophene rings is 1. The van der Waals surface area contributed by atoms with E-state index < -0.39 is 0 Å². The van der Waals surface area contributed by atoms with Crippen molar-refractivity contribution in [3.63, 3.8) is 0 Å². The Labute approximate surface area is 183 Å². The quantitative estimate of drug-likeness (QED) is 0.314. The first-order chi connectivity index (χ1) is 14.6. The monoisotopic (exact) mass is 437 g/mol. The van der Waals surface area contributed by atoms with Crippen molar-refractivity contribution in [2.24, 2.45) is 0 Å². The van der Waals surface area contributed by atoms with Crippen LogP contribution in [0.2, 0.25) is 0 Å². The molecule has 0 aliphatic heterocycles. The Hall–Kier alpha value is -2.38. The molecule has 1 aliphatic carbocycles. The minimum Gasteiger partial charge on any atom is -0.361 e. The van der Waals surface area contributed by atoms with Crippen LogP contribution in [0.1, 0.15) is 45.9 Å². The number of nitrogens with zero attached hydrogens (tertiary/aromatic N) is 3. The maximum atomic E-state index is 13.7. The van der Waals surface area contributed by atoms with Crippen molar-refractivity contribution in [2.45, 2.75) is 57.0 Å². The second kappa shape index (κ2) is 8.04. The van der Waals surface area contributed by atoms with E-state index in [1.807, 2.05) is 36.6 Å². The Bertz CT molecular complexity index is 1250. The van der Waals surface area contributed by atoms with Gasteiger partial charge < -0.3 is 4.52 Å². The summed E-state index contributed by atoms with van der Waals surface area (Å²) in [4.78, 5) is 20.9. The first kappa shape index (κ1) is 19.6. The van der Waals surface area contributed by atoms with Crippen molar-refractivity contribution in [3.8, 4) is 0 Å². The Morgan fingerprint density at radius 3 is 2.73 bits per heavy atom. The fraction of sp³-hybridized carbons (Fsp3) is 0.348. The summed E-state index contributed by atoms with van der Waals surface area (Å²) in [6.45, 7) is 4.40. The third-order valence-corrected chi connectivity index (χ3v) is 7.94. The van der Waals surface area contributed by atoms with Crippen molar-refractivity contribution < 1.29 is 4.52 Å². The summed E-state index contributed by atoms with van der Waals surface area (Å²) in [5, 5.41) is 5.65. The van der Waals surface area contributed by atoms with Crippen LogP contribution in [0.5, 0.6) is 0 Å². The Balaban J connectivity index is 1.61.